The van der Waals surface area contributed by atoms with E-state index in [0.717, 1.165) is 10.2 Å². The monoisotopic (exact) mass is 336 g/mol. The molecule has 3 nitrogen and oxygen atoms in total. The fourth-order valence-corrected chi connectivity index (χ4v) is 2.12. The molecular weight excluding hydrogens is 324 g/mol. The van der Waals surface area contributed by atoms with Gasteiger partial charge in [0.2, 0.25) is 0 Å². The first-order valence-corrected chi connectivity index (χ1v) is 6.63. The van der Waals surface area contributed by atoms with Crippen LogP contribution in [0.4, 0.5) is 5.69 Å². The summed E-state index contributed by atoms with van der Waals surface area (Å²) in [7, 11) is 1.65. The number of methoxy groups -OCH3 is 1. The summed E-state index contributed by atoms with van der Waals surface area (Å²) in [5.74, 6) is 0. The van der Waals surface area contributed by atoms with E-state index in [4.69, 9.17) is 28.6 Å². The lowest BCUT2D eigenvalue weighted by atomic mass is 10.3. The fraction of sp³-hybridized carbons (Fsp3) is 0.364. The van der Waals surface area contributed by atoms with E-state index in [2.05, 4.69) is 26.6 Å². The Bertz CT molecular complexity index is 403. The van der Waals surface area contributed by atoms with Crippen LogP contribution in [0.25, 0.3) is 0 Å². The molecule has 94 valence electrons. The van der Waals surface area contributed by atoms with E-state index in [9.17, 15) is 0 Å². The van der Waals surface area contributed by atoms with Gasteiger partial charge in [-0.25, -0.2) is 0 Å². The summed E-state index contributed by atoms with van der Waals surface area (Å²) in [5.41, 5.74) is 0.833. The maximum atomic E-state index is 5.98. The van der Waals surface area contributed by atoms with Crippen molar-refractivity contribution in [1.29, 1.82) is 0 Å². The average Bonchev–Trinajstić information content (AvgIpc) is 2.25. The number of nitrogens with one attached hydrogen (secondary N) is 2. The third-order valence-electron chi connectivity index (χ3n) is 1.99. The SMILES string of the molecule is COCC(C)NC(=S)Nc1cccc(Cl)c1Br. The van der Waals surface area contributed by atoms with Crippen molar-refractivity contribution < 1.29 is 4.74 Å². The van der Waals surface area contributed by atoms with Gasteiger partial charge in [-0.15, -0.1) is 0 Å². The Kier molecular flexibility index (Phi) is 6.19. The maximum Gasteiger partial charge on any atom is 0.171 e. The van der Waals surface area contributed by atoms with Gasteiger partial charge in [-0.2, -0.15) is 0 Å². The van der Waals surface area contributed by atoms with E-state index in [1.807, 2.05) is 19.1 Å². The molecule has 0 fully saturated rings. The molecule has 0 amide bonds. The Hall–Kier alpha value is -0.360. The topological polar surface area (TPSA) is 33.3 Å². The Morgan fingerprint density at radius 3 is 2.94 bits per heavy atom. The number of hydrogen-bond acceptors (Lipinski definition) is 2. The molecule has 0 aliphatic heterocycles. The summed E-state index contributed by atoms with van der Waals surface area (Å²) in [6.07, 6.45) is 0. The molecule has 1 atom stereocenters. The van der Waals surface area contributed by atoms with Crippen LogP contribution in [-0.4, -0.2) is 24.9 Å². The molecule has 1 rings (SSSR count). The zero-order valence-corrected chi connectivity index (χ0v) is 12.7. The van der Waals surface area contributed by atoms with Gasteiger partial charge in [0.1, 0.15) is 0 Å². The van der Waals surface area contributed by atoms with Crippen LogP contribution < -0.4 is 10.6 Å². The lowest BCUT2D eigenvalue weighted by Crippen LogP contribution is -2.38. The molecule has 1 aromatic rings. The minimum Gasteiger partial charge on any atom is -0.383 e. The lowest BCUT2D eigenvalue weighted by Gasteiger charge is -2.17. The number of rotatable bonds is 4. The summed E-state index contributed by atoms with van der Waals surface area (Å²) in [5, 5.41) is 7.36. The molecule has 1 unspecified atom stereocenters. The summed E-state index contributed by atoms with van der Waals surface area (Å²) >= 11 is 14.6. The van der Waals surface area contributed by atoms with Crippen LogP contribution in [0.1, 0.15) is 6.92 Å². The van der Waals surface area contributed by atoms with Crippen LogP contribution in [0.2, 0.25) is 5.02 Å². The van der Waals surface area contributed by atoms with E-state index >= 15 is 0 Å². The van der Waals surface area contributed by atoms with Crippen LogP contribution in [0.5, 0.6) is 0 Å². The van der Waals surface area contributed by atoms with Gasteiger partial charge in [-0.3, -0.25) is 0 Å². The summed E-state index contributed by atoms with van der Waals surface area (Å²) in [4.78, 5) is 0. The van der Waals surface area contributed by atoms with Gasteiger partial charge in [-0.1, -0.05) is 17.7 Å². The number of anilines is 1. The molecule has 0 saturated heterocycles. The molecule has 1 aromatic carbocycles. The van der Waals surface area contributed by atoms with Gasteiger partial charge in [0, 0.05) is 13.2 Å². The lowest BCUT2D eigenvalue weighted by molar-refractivity contribution is 0.179. The Morgan fingerprint density at radius 1 is 1.59 bits per heavy atom. The van der Waals surface area contributed by atoms with Crippen LogP contribution in [-0.2, 0) is 4.74 Å². The standard InChI is InChI=1S/C11H14BrClN2OS/c1-7(6-16-2)14-11(17)15-9-5-3-4-8(13)10(9)12/h3-5,7H,6H2,1-2H3,(H2,14,15,17). The van der Waals surface area contributed by atoms with Gasteiger partial charge < -0.3 is 15.4 Å². The molecule has 0 aromatic heterocycles. The van der Waals surface area contributed by atoms with Crippen LogP contribution >= 0.6 is 39.7 Å². The summed E-state index contributed by atoms with van der Waals surface area (Å²) in [6, 6.07) is 5.71. The van der Waals surface area contributed by atoms with Crippen molar-refractivity contribution in [2.45, 2.75) is 13.0 Å². The molecule has 17 heavy (non-hydrogen) atoms. The molecule has 0 aliphatic carbocycles. The highest BCUT2D eigenvalue weighted by molar-refractivity contribution is 9.10. The minimum atomic E-state index is 0.151. The fourth-order valence-electron chi connectivity index (χ4n) is 1.27. The second-order valence-electron chi connectivity index (χ2n) is 3.56. The molecular formula is C11H14BrClN2OS. The van der Waals surface area contributed by atoms with Crippen LogP contribution in [0.15, 0.2) is 22.7 Å². The normalized spacial score (nSPS) is 12.0. The van der Waals surface area contributed by atoms with E-state index < -0.39 is 0 Å². The highest BCUT2D eigenvalue weighted by Gasteiger charge is 2.07. The number of thiocarbonyl (C=S) groups is 1. The first kappa shape index (κ1) is 14.7. The Labute approximate surface area is 120 Å². The zero-order chi connectivity index (χ0) is 12.8. The van der Waals surface area contributed by atoms with Gasteiger partial charge in [-0.05, 0) is 47.2 Å². The van der Waals surface area contributed by atoms with E-state index in [1.165, 1.54) is 0 Å². The molecule has 0 aliphatic rings. The largest absolute Gasteiger partial charge is 0.383 e. The zero-order valence-electron chi connectivity index (χ0n) is 9.59. The van der Waals surface area contributed by atoms with E-state index in [0.29, 0.717) is 16.7 Å². The van der Waals surface area contributed by atoms with Gasteiger partial charge in [0.25, 0.3) is 0 Å². The average molecular weight is 338 g/mol. The molecule has 0 radical (unpaired) electrons. The van der Waals surface area contributed by atoms with Crippen molar-refractivity contribution in [2.75, 3.05) is 19.0 Å². The quantitative estimate of drug-likeness (QED) is 0.825. The Morgan fingerprint density at radius 2 is 2.29 bits per heavy atom. The van der Waals surface area contributed by atoms with Gasteiger partial charge in [0.05, 0.1) is 21.8 Å². The van der Waals surface area contributed by atoms with Crippen molar-refractivity contribution in [3.05, 3.63) is 27.7 Å². The highest BCUT2D eigenvalue weighted by Crippen LogP contribution is 2.29. The van der Waals surface area contributed by atoms with Gasteiger partial charge in [0.15, 0.2) is 5.11 Å². The first-order chi connectivity index (χ1) is 8.04. The molecule has 0 heterocycles. The van der Waals surface area contributed by atoms with Crippen molar-refractivity contribution in [3.8, 4) is 0 Å². The third-order valence-corrected chi connectivity index (χ3v) is 3.61. The predicted octanol–water partition coefficient (Wildman–Crippen LogP) is 3.42. The number of halogens is 2. The summed E-state index contributed by atoms with van der Waals surface area (Å²) in [6.45, 7) is 2.59. The molecule has 0 spiro atoms. The first-order valence-electron chi connectivity index (χ1n) is 5.05. The smallest absolute Gasteiger partial charge is 0.171 e. The molecule has 2 N–H and O–H groups in total. The highest BCUT2D eigenvalue weighted by atomic mass is 79.9. The third kappa shape index (κ3) is 4.79. The van der Waals surface area contributed by atoms with Crippen LogP contribution in [0.3, 0.4) is 0 Å². The van der Waals surface area contributed by atoms with E-state index in [-0.39, 0.29) is 6.04 Å². The van der Waals surface area contributed by atoms with Gasteiger partial charge >= 0.3 is 0 Å². The molecule has 0 saturated carbocycles. The minimum absolute atomic E-state index is 0.151. The van der Waals surface area contributed by atoms with Crippen molar-refractivity contribution in [1.82, 2.24) is 5.32 Å². The van der Waals surface area contributed by atoms with Crippen molar-refractivity contribution in [2.24, 2.45) is 0 Å². The predicted molar refractivity (Wildman–Crippen MR) is 79.8 cm³/mol. The second kappa shape index (κ2) is 7.16. The number of benzene rings is 1. The number of ether oxygens (including phenoxy) is 1. The number of hydrogen-bond donors (Lipinski definition) is 2. The van der Waals surface area contributed by atoms with Crippen molar-refractivity contribution in [3.63, 3.8) is 0 Å². The Balaban J connectivity index is 2.59. The molecule has 6 heteroatoms. The van der Waals surface area contributed by atoms with Crippen molar-refractivity contribution >= 4 is 50.5 Å². The summed E-state index contributed by atoms with van der Waals surface area (Å²) < 4.78 is 5.81. The maximum absolute atomic E-state index is 5.98. The molecule has 0 bridgehead atoms. The second-order valence-corrected chi connectivity index (χ2v) is 5.16. The van der Waals surface area contributed by atoms with Crippen LogP contribution in [0, 0.1) is 0 Å². The van der Waals surface area contributed by atoms with E-state index in [1.54, 1.807) is 13.2 Å².